The molecule has 33 heavy (non-hydrogen) atoms. The van der Waals surface area contributed by atoms with E-state index in [1.807, 2.05) is 17.0 Å². The average molecular weight is 476 g/mol. The van der Waals surface area contributed by atoms with Gasteiger partial charge in [-0.05, 0) is 37.5 Å². The fourth-order valence-electron chi connectivity index (χ4n) is 4.50. The molecular weight excluding hydrogens is 442 g/mol. The van der Waals surface area contributed by atoms with E-state index in [0.717, 1.165) is 25.4 Å². The minimum Gasteiger partial charge on any atom is -0.497 e. The highest BCUT2D eigenvalue weighted by molar-refractivity contribution is 7.89. The van der Waals surface area contributed by atoms with Gasteiger partial charge in [0.05, 0.1) is 7.11 Å². The standard InChI is InChI=1S/C23H33N5O4S/c1-18-24-22(17-25(18)2)33(30,31)28-10-8-20(9-11-28)23(29)27-14-12-26(13-15-27)16-19-4-6-21(32-3)7-5-19/h4-7,17,20H,8-16H2,1-3H3. The van der Waals surface area contributed by atoms with Gasteiger partial charge in [0.2, 0.25) is 5.91 Å². The Morgan fingerprint density at radius 3 is 2.24 bits per heavy atom. The number of hydrogen-bond acceptors (Lipinski definition) is 6. The Morgan fingerprint density at radius 2 is 1.70 bits per heavy atom. The number of piperazine rings is 1. The third kappa shape index (κ3) is 5.23. The Kier molecular flexibility index (Phi) is 7.06. The second-order valence-electron chi connectivity index (χ2n) is 8.87. The van der Waals surface area contributed by atoms with Crippen LogP contribution >= 0.6 is 0 Å². The second kappa shape index (κ2) is 9.82. The average Bonchev–Trinajstić information content (AvgIpc) is 3.18. The van der Waals surface area contributed by atoms with E-state index < -0.39 is 10.0 Å². The van der Waals surface area contributed by atoms with E-state index in [1.165, 1.54) is 9.87 Å². The van der Waals surface area contributed by atoms with Gasteiger partial charge in [0.25, 0.3) is 10.0 Å². The van der Waals surface area contributed by atoms with Crippen LogP contribution in [0.15, 0.2) is 35.5 Å². The largest absolute Gasteiger partial charge is 0.497 e. The van der Waals surface area contributed by atoms with Crippen LogP contribution in [-0.4, -0.2) is 84.4 Å². The molecule has 0 N–H and O–H groups in total. The molecule has 2 aliphatic rings. The Hall–Kier alpha value is -2.43. The third-order valence-corrected chi connectivity index (χ3v) is 8.51. The molecule has 3 heterocycles. The number of ether oxygens (including phenoxy) is 1. The topological polar surface area (TPSA) is 88.0 Å². The van der Waals surface area contributed by atoms with E-state index in [9.17, 15) is 13.2 Å². The molecule has 0 unspecified atom stereocenters. The molecule has 9 nitrogen and oxygen atoms in total. The number of hydrogen-bond donors (Lipinski definition) is 0. The molecule has 0 saturated carbocycles. The lowest BCUT2D eigenvalue weighted by atomic mass is 9.96. The van der Waals surface area contributed by atoms with Crippen molar-refractivity contribution in [3.63, 3.8) is 0 Å². The minimum absolute atomic E-state index is 0.0836. The first-order chi connectivity index (χ1) is 15.8. The van der Waals surface area contributed by atoms with Gasteiger partial charge in [-0.3, -0.25) is 9.69 Å². The Bertz CT molecular complexity index is 1050. The van der Waals surface area contributed by atoms with Crippen molar-refractivity contribution >= 4 is 15.9 Å². The summed E-state index contributed by atoms with van der Waals surface area (Å²) in [6.07, 6.45) is 2.65. The van der Waals surface area contributed by atoms with Gasteiger partial charge in [0.1, 0.15) is 11.6 Å². The van der Waals surface area contributed by atoms with Gasteiger partial charge in [-0.15, -0.1) is 0 Å². The molecule has 1 aromatic heterocycles. The lowest BCUT2D eigenvalue weighted by molar-refractivity contribution is -0.138. The first-order valence-electron chi connectivity index (χ1n) is 11.4. The van der Waals surface area contributed by atoms with Crippen LogP contribution in [0.5, 0.6) is 5.75 Å². The highest BCUT2D eigenvalue weighted by Gasteiger charge is 2.35. The van der Waals surface area contributed by atoms with Gasteiger partial charge in [-0.2, -0.15) is 4.31 Å². The molecule has 0 spiro atoms. The van der Waals surface area contributed by atoms with E-state index in [2.05, 4.69) is 22.0 Å². The van der Waals surface area contributed by atoms with E-state index in [0.29, 0.717) is 44.8 Å². The molecule has 4 rings (SSSR count). The summed E-state index contributed by atoms with van der Waals surface area (Å²) in [7, 11) is -0.174. The predicted molar refractivity (Wildman–Crippen MR) is 124 cm³/mol. The highest BCUT2D eigenvalue weighted by Crippen LogP contribution is 2.25. The van der Waals surface area contributed by atoms with Gasteiger partial charge in [-0.1, -0.05) is 12.1 Å². The lowest BCUT2D eigenvalue weighted by Crippen LogP contribution is -2.51. The molecule has 0 atom stereocenters. The molecule has 1 aromatic carbocycles. The van der Waals surface area contributed by atoms with Crippen LogP contribution in [-0.2, 0) is 28.4 Å². The number of amides is 1. The van der Waals surface area contributed by atoms with Crippen molar-refractivity contribution in [2.24, 2.45) is 13.0 Å². The van der Waals surface area contributed by atoms with Crippen LogP contribution in [0, 0.1) is 12.8 Å². The van der Waals surface area contributed by atoms with E-state index >= 15 is 0 Å². The zero-order valence-corrected chi connectivity index (χ0v) is 20.4. The van der Waals surface area contributed by atoms with Gasteiger partial charge in [0.15, 0.2) is 5.03 Å². The Morgan fingerprint density at radius 1 is 1.06 bits per heavy atom. The number of nitrogens with zero attached hydrogens (tertiary/aromatic N) is 5. The van der Waals surface area contributed by atoms with Gasteiger partial charge in [-0.25, -0.2) is 13.4 Å². The molecule has 2 aromatic rings. The summed E-state index contributed by atoms with van der Waals surface area (Å²) >= 11 is 0. The maximum absolute atomic E-state index is 13.1. The van der Waals surface area contributed by atoms with Crippen molar-refractivity contribution in [2.75, 3.05) is 46.4 Å². The molecule has 1 amide bonds. The maximum atomic E-state index is 13.1. The number of piperidine rings is 1. The summed E-state index contributed by atoms with van der Waals surface area (Å²) in [5.41, 5.74) is 1.23. The number of aromatic nitrogens is 2. The van der Waals surface area contributed by atoms with Crippen molar-refractivity contribution < 1.29 is 17.9 Å². The number of methoxy groups -OCH3 is 1. The van der Waals surface area contributed by atoms with Crippen LogP contribution < -0.4 is 4.74 Å². The fraction of sp³-hybridized carbons (Fsp3) is 0.565. The molecule has 0 radical (unpaired) electrons. The summed E-state index contributed by atoms with van der Waals surface area (Å²) in [4.78, 5) is 21.6. The minimum atomic E-state index is -3.62. The van der Waals surface area contributed by atoms with Crippen LogP contribution in [0.2, 0.25) is 0 Å². The number of carbonyl (C=O) groups is 1. The SMILES string of the molecule is COc1ccc(CN2CCN(C(=O)C3CCN(S(=O)(=O)c4cn(C)c(C)n4)CC3)CC2)cc1. The van der Waals surface area contributed by atoms with Crippen molar-refractivity contribution in [3.05, 3.63) is 41.9 Å². The number of carbonyl (C=O) groups excluding carboxylic acids is 1. The predicted octanol–water partition coefficient (Wildman–Crippen LogP) is 1.48. The van der Waals surface area contributed by atoms with E-state index in [4.69, 9.17) is 4.74 Å². The zero-order valence-electron chi connectivity index (χ0n) is 19.6. The Labute approximate surface area is 196 Å². The lowest BCUT2D eigenvalue weighted by Gasteiger charge is -2.38. The molecule has 180 valence electrons. The zero-order chi connectivity index (χ0) is 23.6. The molecule has 2 fully saturated rings. The molecule has 10 heteroatoms. The van der Waals surface area contributed by atoms with Gasteiger partial charge >= 0.3 is 0 Å². The van der Waals surface area contributed by atoms with Gasteiger partial charge in [0, 0.05) is 65.0 Å². The van der Waals surface area contributed by atoms with Crippen LogP contribution in [0.3, 0.4) is 0 Å². The maximum Gasteiger partial charge on any atom is 0.262 e. The van der Waals surface area contributed by atoms with Crippen LogP contribution in [0.4, 0.5) is 0 Å². The third-order valence-electron chi connectivity index (χ3n) is 6.74. The Balaban J connectivity index is 1.26. The number of imidazole rings is 1. The first kappa shape index (κ1) is 23.7. The number of rotatable bonds is 6. The molecule has 2 saturated heterocycles. The van der Waals surface area contributed by atoms with E-state index in [-0.39, 0.29) is 16.9 Å². The number of aryl methyl sites for hydroxylation is 2. The normalized spacial score (nSPS) is 19.1. The monoisotopic (exact) mass is 475 g/mol. The summed E-state index contributed by atoms with van der Waals surface area (Å²) in [5, 5.41) is 0.0836. The number of benzene rings is 1. The summed E-state index contributed by atoms with van der Waals surface area (Å²) in [6, 6.07) is 8.09. The van der Waals surface area contributed by atoms with Gasteiger partial charge < -0.3 is 14.2 Å². The summed E-state index contributed by atoms with van der Waals surface area (Å²) in [6.45, 7) is 6.43. The van der Waals surface area contributed by atoms with Crippen LogP contribution in [0.25, 0.3) is 0 Å². The van der Waals surface area contributed by atoms with E-state index in [1.54, 1.807) is 31.8 Å². The smallest absolute Gasteiger partial charge is 0.262 e. The highest BCUT2D eigenvalue weighted by atomic mass is 32.2. The molecular formula is C23H33N5O4S. The molecule has 0 aliphatic carbocycles. The van der Waals surface area contributed by atoms with Crippen molar-refractivity contribution in [2.45, 2.75) is 31.3 Å². The van der Waals surface area contributed by atoms with Crippen molar-refractivity contribution in [1.82, 2.24) is 23.7 Å². The van der Waals surface area contributed by atoms with Crippen LogP contribution in [0.1, 0.15) is 24.2 Å². The summed E-state index contributed by atoms with van der Waals surface area (Å²) in [5.74, 6) is 1.55. The molecule has 2 aliphatic heterocycles. The van der Waals surface area contributed by atoms with Crippen molar-refractivity contribution in [1.29, 1.82) is 0 Å². The number of sulfonamides is 1. The molecule has 0 bridgehead atoms. The first-order valence-corrected chi connectivity index (χ1v) is 12.9. The fourth-order valence-corrected chi connectivity index (χ4v) is 5.99. The quantitative estimate of drug-likeness (QED) is 0.629. The second-order valence-corrected chi connectivity index (χ2v) is 10.7. The summed E-state index contributed by atoms with van der Waals surface area (Å²) < 4.78 is 34.2. The van der Waals surface area contributed by atoms with Crippen molar-refractivity contribution in [3.8, 4) is 5.75 Å².